The molecule has 0 fully saturated rings. The van der Waals surface area contributed by atoms with E-state index in [9.17, 15) is 0 Å². The van der Waals surface area contributed by atoms with E-state index in [0.29, 0.717) is 13.2 Å². The summed E-state index contributed by atoms with van der Waals surface area (Å²) in [5.74, 6) is -5.91. The van der Waals surface area contributed by atoms with Gasteiger partial charge in [0.15, 0.2) is 0 Å². The zero-order valence-corrected chi connectivity index (χ0v) is 14.1. The third-order valence-electron chi connectivity index (χ3n) is 1.25. The van der Waals surface area contributed by atoms with Crippen LogP contribution in [0, 0.1) is 0 Å². The Morgan fingerprint density at radius 2 is 1.25 bits per heavy atom. The Labute approximate surface area is 114 Å². The number of hydrogen-bond acceptors (Lipinski definition) is 5. The highest BCUT2D eigenvalue weighted by atomic mass is 35.9. The fourth-order valence-electron chi connectivity index (χ4n) is 0.932. The summed E-state index contributed by atoms with van der Waals surface area (Å²) in [5, 5.41) is 0. The van der Waals surface area contributed by atoms with Crippen LogP contribution in [0.3, 0.4) is 0 Å². The Hall–Kier alpha value is 1.77. The molecule has 0 atom stereocenters. The standard InChI is InChI=1S/C4H10Cl4N3O2P3/c1-3-12-16(13-4-2)10-14(5,6)9-15(7,8)11-16/h3-4H2,1-2H3. The van der Waals surface area contributed by atoms with Crippen LogP contribution >= 0.6 is 64.4 Å². The molecule has 0 aromatic rings. The van der Waals surface area contributed by atoms with Crippen molar-refractivity contribution < 1.29 is 9.05 Å². The second-order valence-electron chi connectivity index (χ2n) is 2.51. The highest BCUT2D eigenvalue weighted by Crippen LogP contribution is 2.85. The number of hydrogen-bond donors (Lipinski definition) is 0. The number of halogens is 4. The SMILES string of the molecule is CCOP1(OCC)=NP(Cl)(Cl)=NP(Cl)(Cl)=N1. The summed E-state index contributed by atoms with van der Waals surface area (Å²) in [6.45, 7) is 4.26. The quantitative estimate of drug-likeness (QED) is 0.510. The van der Waals surface area contributed by atoms with E-state index in [1.54, 1.807) is 13.8 Å². The molecule has 0 saturated carbocycles. The largest absolute Gasteiger partial charge is 0.345 e. The molecule has 0 bridgehead atoms. The monoisotopic (exact) mass is 365 g/mol. The van der Waals surface area contributed by atoms with Gasteiger partial charge in [0.2, 0.25) is 0 Å². The molecule has 0 aliphatic carbocycles. The molecule has 1 rings (SSSR count). The fourth-order valence-corrected chi connectivity index (χ4v) is 15.0. The lowest BCUT2D eigenvalue weighted by atomic mass is 10.9. The van der Waals surface area contributed by atoms with Crippen molar-refractivity contribution in [3.8, 4) is 0 Å². The lowest BCUT2D eigenvalue weighted by Crippen LogP contribution is -1.94. The highest BCUT2D eigenvalue weighted by molar-refractivity contribution is 8.20. The smallest absolute Gasteiger partial charge is 0.307 e. The summed E-state index contributed by atoms with van der Waals surface area (Å²) in [6, 6.07) is 0. The predicted octanol–water partition coefficient (Wildman–Crippen LogP) is 6.87. The lowest BCUT2D eigenvalue weighted by Gasteiger charge is -2.24. The Kier molecular flexibility index (Phi) is 5.76. The van der Waals surface area contributed by atoms with Crippen LogP contribution in [0.15, 0.2) is 13.5 Å². The van der Waals surface area contributed by atoms with E-state index in [0.717, 1.165) is 0 Å². The minimum absolute atomic E-state index is 0.350. The van der Waals surface area contributed by atoms with Gasteiger partial charge in [-0.1, -0.05) is 0 Å². The van der Waals surface area contributed by atoms with Crippen LogP contribution in [0.25, 0.3) is 0 Å². The van der Waals surface area contributed by atoms with Gasteiger partial charge in [-0.15, -0.1) is 0 Å². The van der Waals surface area contributed by atoms with Gasteiger partial charge in [-0.2, -0.15) is 13.5 Å². The average molecular weight is 367 g/mol. The first-order valence-corrected chi connectivity index (χ1v) is 12.8. The van der Waals surface area contributed by atoms with Crippen LogP contribution in [0.5, 0.6) is 0 Å². The highest BCUT2D eigenvalue weighted by Gasteiger charge is 2.35. The summed E-state index contributed by atoms with van der Waals surface area (Å²) in [7, 11) is -2.91. The number of nitrogens with zero attached hydrogens (tertiary/aromatic N) is 3. The van der Waals surface area contributed by atoms with Gasteiger partial charge in [0.25, 0.3) is 11.8 Å². The normalized spacial score (nSPS) is 25.1. The van der Waals surface area contributed by atoms with E-state index < -0.39 is 19.5 Å². The van der Waals surface area contributed by atoms with E-state index in [-0.39, 0.29) is 0 Å². The van der Waals surface area contributed by atoms with Crippen LogP contribution < -0.4 is 0 Å². The van der Waals surface area contributed by atoms with Crippen molar-refractivity contribution in [1.82, 2.24) is 0 Å². The topological polar surface area (TPSA) is 55.5 Å². The maximum Gasteiger partial charge on any atom is 0.345 e. The predicted molar refractivity (Wildman–Crippen MR) is 74.7 cm³/mol. The molecule has 96 valence electrons. The Balaban J connectivity index is 3.36. The first-order chi connectivity index (χ1) is 7.24. The van der Waals surface area contributed by atoms with Crippen molar-refractivity contribution in [3.63, 3.8) is 0 Å². The van der Waals surface area contributed by atoms with Crippen molar-refractivity contribution in [1.29, 1.82) is 0 Å². The summed E-state index contributed by atoms with van der Waals surface area (Å²) >= 11 is 23.7. The van der Waals surface area contributed by atoms with E-state index in [4.69, 9.17) is 54.0 Å². The average Bonchev–Trinajstić information content (AvgIpc) is 1.97. The summed E-state index contributed by atoms with van der Waals surface area (Å²) in [5.41, 5.74) is 0. The first kappa shape index (κ1) is 15.8. The molecule has 0 aromatic heterocycles. The Morgan fingerprint density at radius 1 is 0.812 bits per heavy atom. The summed E-state index contributed by atoms with van der Waals surface area (Å²) in [4.78, 5) is 0. The van der Waals surface area contributed by atoms with Gasteiger partial charge in [0.1, 0.15) is 0 Å². The molecule has 1 heterocycles. The second-order valence-corrected chi connectivity index (χ2v) is 14.7. The minimum atomic E-state index is -2.95. The van der Waals surface area contributed by atoms with Gasteiger partial charge in [-0.3, -0.25) is 0 Å². The van der Waals surface area contributed by atoms with Gasteiger partial charge in [-0.05, 0) is 58.8 Å². The molecule has 0 spiro atoms. The maximum absolute atomic E-state index is 5.92. The van der Waals surface area contributed by atoms with Crippen molar-refractivity contribution in [3.05, 3.63) is 0 Å². The molecule has 5 nitrogen and oxygen atoms in total. The second kappa shape index (κ2) is 5.82. The van der Waals surface area contributed by atoms with E-state index in [2.05, 4.69) is 13.5 Å². The van der Waals surface area contributed by atoms with Gasteiger partial charge < -0.3 is 9.05 Å². The molecular weight excluding hydrogens is 357 g/mol. The molecule has 1 aliphatic rings. The Bertz CT molecular complexity index is 409. The first-order valence-electron chi connectivity index (χ1n) is 4.23. The summed E-state index contributed by atoms with van der Waals surface area (Å²) in [6.07, 6.45) is 0. The summed E-state index contributed by atoms with van der Waals surface area (Å²) < 4.78 is 22.7. The van der Waals surface area contributed by atoms with Gasteiger partial charge in [0.05, 0.1) is 13.2 Å². The third kappa shape index (κ3) is 4.46. The Morgan fingerprint density at radius 3 is 1.62 bits per heavy atom. The van der Waals surface area contributed by atoms with Crippen molar-refractivity contribution in [2.24, 2.45) is 13.5 Å². The van der Waals surface area contributed by atoms with Crippen molar-refractivity contribution in [2.75, 3.05) is 13.2 Å². The van der Waals surface area contributed by atoms with Crippen LogP contribution in [0.2, 0.25) is 0 Å². The van der Waals surface area contributed by atoms with Gasteiger partial charge >= 0.3 is 7.66 Å². The number of rotatable bonds is 4. The molecular formula is C4H10Cl4N3O2P3. The van der Waals surface area contributed by atoms with E-state index >= 15 is 0 Å². The van der Waals surface area contributed by atoms with Crippen LogP contribution in [-0.2, 0) is 9.05 Å². The van der Waals surface area contributed by atoms with Crippen LogP contribution in [-0.4, -0.2) is 13.2 Å². The van der Waals surface area contributed by atoms with Crippen LogP contribution in [0.1, 0.15) is 13.8 Å². The molecule has 0 aromatic carbocycles. The van der Waals surface area contributed by atoms with Crippen molar-refractivity contribution >= 4 is 64.4 Å². The van der Waals surface area contributed by atoms with Gasteiger partial charge in [-0.25, -0.2) is 0 Å². The minimum Gasteiger partial charge on any atom is -0.307 e. The third-order valence-corrected chi connectivity index (χ3v) is 12.6. The molecule has 0 amide bonds. The molecule has 1 aliphatic heterocycles. The molecule has 12 heteroatoms. The molecule has 0 N–H and O–H groups in total. The fraction of sp³-hybridized carbons (Fsp3) is 1.00. The van der Waals surface area contributed by atoms with Gasteiger partial charge in [0, 0.05) is 0 Å². The lowest BCUT2D eigenvalue weighted by molar-refractivity contribution is 0.261. The van der Waals surface area contributed by atoms with E-state index in [1.807, 2.05) is 0 Å². The van der Waals surface area contributed by atoms with Crippen molar-refractivity contribution in [2.45, 2.75) is 13.8 Å². The zero-order chi connectivity index (χ0) is 12.4. The molecule has 0 saturated heterocycles. The maximum atomic E-state index is 5.92. The molecule has 0 unspecified atom stereocenters. The molecule has 16 heavy (non-hydrogen) atoms. The van der Waals surface area contributed by atoms with E-state index in [1.165, 1.54) is 0 Å². The zero-order valence-electron chi connectivity index (χ0n) is 8.43. The molecule has 0 radical (unpaired) electrons. The van der Waals surface area contributed by atoms with Crippen LogP contribution in [0.4, 0.5) is 0 Å².